The molecular formula is C25H27N5O2S. The van der Waals surface area contributed by atoms with Crippen LogP contribution in [0, 0.1) is 13.8 Å². The first-order chi connectivity index (χ1) is 16.0. The molecule has 1 N–H and O–H groups in total. The quantitative estimate of drug-likeness (QED) is 0.474. The number of carbonyl (C=O) groups excluding carboxylic acids is 1. The number of methoxy groups -OCH3 is 1. The number of anilines is 1. The normalized spacial score (nSPS) is 14.6. The maximum absolute atomic E-state index is 12.6. The Balaban J connectivity index is 1.28. The predicted octanol–water partition coefficient (Wildman–Crippen LogP) is 4.51. The molecule has 0 radical (unpaired) electrons. The highest BCUT2D eigenvalue weighted by Crippen LogP contribution is 2.33. The van der Waals surface area contributed by atoms with Gasteiger partial charge in [0.1, 0.15) is 5.75 Å². The van der Waals surface area contributed by atoms with Gasteiger partial charge in [-0.2, -0.15) is 10.1 Å². The minimum Gasteiger partial charge on any atom is -0.497 e. The summed E-state index contributed by atoms with van der Waals surface area (Å²) in [6.07, 6.45) is 1.77. The Bertz CT molecular complexity index is 1300. The molecule has 0 saturated carbocycles. The minimum atomic E-state index is -0.0544. The average molecular weight is 462 g/mol. The van der Waals surface area contributed by atoms with Gasteiger partial charge in [-0.3, -0.25) is 4.79 Å². The number of thiazole rings is 1. The van der Waals surface area contributed by atoms with E-state index in [1.54, 1.807) is 24.5 Å². The van der Waals surface area contributed by atoms with Gasteiger partial charge in [-0.25, -0.2) is 4.68 Å². The largest absolute Gasteiger partial charge is 0.497 e. The molecule has 170 valence electrons. The fourth-order valence-electron chi connectivity index (χ4n) is 4.25. The van der Waals surface area contributed by atoms with Crippen LogP contribution >= 0.6 is 11.3 Å². The van der Waals surface area contributed by atoms with Crippen LogP contribution in [-0.2, 0) is 0 Å². The lowest BCUT2D eigenvalue weighted by molar-refractivity contribution is 0.0930. The number of carbonyl (C=O) groups is 1. The summed E-state index contributed by atoms with van der Waals surface area (Å²) in [7, 11) is 1.61. The van der Waals surface area contributed by atoms with E-state index >= 15 is 0 Å². The molecule has 2 aromatic carbocycles. The fraction of sp³-hybridized carbons (Fsp3) is 0.320. The Morgan fingerprint density at radius 2 is 1.91 bits per heavy atom. The van der Waals surface area contributed by atoms with Crippen molar-refractivity contribution in [1.82, 2.24) is 20.1 Å². The molecule has 2 aromatic heterocycles. The monoisotopic (exact) mass is 461 g/mol. The van der Waals surface area contributed by atoms with Crippen LogP contribution in [0.4, 0.5) is 5.13 Å². The van der Waals surface area contributed by atoms with E-state index in [1.165, 1.54) is 5.56 Å². The van der Waals surface area contributed by atoms with Crippen molar-refractivity contribution in [2.24, 2.45) is 0 Å². The zero-order chi connectivity index (χ0) is 22.9. The van der Waals surface area contributed by atoms with Crippen LogP contribution in [0.5, 0.6) is 5.75 Å². The minimum absolute atomic E-state index is 0.0544. The van der Waals surface area contributed by atoms with Gasteiger partial charge >= 0.3 is 0 Å². The summed E-state index contributed by atoms with van der Waals surface area (Å²) in [5, 5.41) is 8.91. The summed E-state index contributed by atoms with van der Waals surface area (Å²) in [5.41, 5.74) is 4.76. The van der Waals surface area contributed by atoms with Crippen LogP contribution in [0.3, 0.4) is 0 Å². The molecule has 0 aliphatic carbocycles. The summed E-state index contributed by atoms with van der Waals surface area (Å²) in [4.78, 5) is 19.9. The number of fused-ring (bicyclic) bond motifs is 1. The molecule has 0 unspecified atom stereocenters. The molecule has 1 aliphatic rings. The summed E-state index contributed by atoms with van der Waals surface area (Å²) in [6.45, 7) is 5.84. The number of hydrogen-bond donors (Lipinski definition) is 1. The number of nitrogens with zero attached hydrogens (tertiary/aromatic N) is 4. The standard InChI is InChI=1S/C25H27N5O2S/c1-16-6-4-8-20(14-16)30-23-22(17(2)28-30)33-25(27-23)29-12-10-19(11-13-29)26-24(31)18-7-5-9-21(15-18)32-3/h4-9,14-15,19H,10-13H2,1-3H3,(H,26,31). The topological polar surface area (TPSA) is 72.3 Å². The number of ether oxygens (including phenoxy) is 1. The maximum atomic E-state index is 12.6. The summed E-state index contributed by atoms with van der Waals surface area (Å²) in [5.74, 6) is 0.633. The number of hydrogen-bond acceptors (Lipinski definition) is 6. The number of rotatable bonds is 5. The van der Waals surface area contributed by atoms with Crippen molar-refractivity contribution >= 4 is 32.7 Å². The highest BCUT2D eigenvalue weighted by molar-refractivity contribution is 7.22. The smallest absolute Gasteiger partial charge is 0.251 e. The van der Waals surface area contributed by atoms with Crippen molar-refractivity contribution in [1.29, 1.82) is 0 Å². The van der Waals surface area contributed by atoms with E-state index in [2.05, 4.69) is 35.3 Å². The zero-order valence-corrected chi connectivity index (χ0v) is 19.9. The van der Waals surface area contributed by atoms with Gasteiger partial charge in [0.2, 0.25) is 0 Å². The number of benzene rings is 2. The molecule has 0 spiro atoms. The molecule has 1 amide bonds. The van der Waals surface area contributed by atoms with Crippen molar-refractivity contribution < 1.29 is 9.53 Å². The van der Waals surface area contributed by atoms with Gasteiger partial charge in [-0.1, -0.05) is 29.5 Å². The van der Waals surface area contributed by atoms with Crippen LogP contribution in [0.15, 0.2) is 48.5 Å². The molecular weight excluding hydrogens is 434 g/mol. The molecule has 8 heteroatoms. The van der Waals surface area contributed by atoms with Gasteiger partial charge in [0.25, 0.3) is 5.91 Å². The van der Waals surface area contributed by atoms with Crippen molar-refractivity contribution in [2.75, 3.05) is 25.1 Å². The lowest BCUT2D eigenvalue weighted by Crippen LogP contribution is -2.44. The number of piperidine rings is 1. The van der Waals surface area contributed by atoms with Gasteiger partial charge in [-0.15, -0.1) is 0 Å². The van der Waals surface area contributed by atoms with Crippen molar-refractivity contribution in [3.05, 3.63) is 65.4 Å². The third kappa shape index (κ3) is 4.30. The van der Waals surface area contributed by atoms with Gasteiger partial charge in [0.05, 0.1) is 23.2 Å². The Kier molecular flexibility index (Phi) is 5.76. The van der Waals surface area contributed by atoms with Gasteiger partial charge in [0, 0.05) is 24.7 Å². The van der Waals surface area contributed by atoms with Gasteiger partial charge < -0.3 is 15.0 Å². The van der Waals surface area contributed by atoms with E-state index < -0.39 is 0 Å². The Morgan fingerprint density at radius 3 is 2.67 bits per heavy atom. The van der Waals surface area contributed by atoms with E-state index in [0.29, 0.717) is 11.3 Å². The Labute approximate surface area is 197 Å². The second kappa shape index (κ2) is 8.86. The molecule has 5 rings (SSSR count). The first kappa shape index (κ1) is 21.5. The molecule has 0 atom stereocenters. The van der Waals surface area contributed by atoms with Crippen molar-refractivity contribution in [3.8, 4) is 11.4 Å². The third-order valence-corrected chi connectivity index (χ3v) is 7.27. The Hall–Kier alpha value is -3.39. The molecule has 33 heavy (non-hydrogen) atoms. The highest BCUT2D eigenvalue weighted by Gasteiger charge is 2.25. The van der Waals surface area contributed by atoms with E-state index in [0.717, 1.165) is 52.8 Å². The molecule has 0 bridgehead atoms. The summed E-state index contributed by atoms with van der Waals surface area (Å²) < 4.78 is 8.30. The second-order valence-corrected chi connectivity index (χ2v) is 9.43. The van der Waals surface area contributed by atoms with E-state index in [-0.39, 0.29) is 11.9 Å². The molecule has 4 aromatic rings. The van der Waals surface area contributed by atoms with Crippen molar-refractivity contribution in [2.45, 2.75) is 32.7 Å². The first-order valence-corrected chi connectivity index (χ1v) is 12.0. The molecule has 1 aliphatic heterocycles. The second-order valence-electron chi connectivity index (χ2n) is 8.45. The predicted molar refractivity (Wildman–Crippen MR) is 132 cm³/mol. The van der Waals surface area contributed by atoms with E-state index in [9.17, 15) is 4.79 Å². The summed E-state index contributed by atoms with van der Waals surface area (Å²) >= 11 is 1.70. The molecule has 1 saturated heterocycles. The molecule has 3 heterocycles. The third-order valence-electron chi connectivity index (χ3n) is 6.06. The zero-order valence-electron chi connectivity index (χ0n) is 19.0. The van der Waals surface area contributed by atoms with Crippen molar-refractivity contribution in [3.63, 3.8) is 0 Å². The average Bonchev–Trinajstić information content (AvgIpc) is 3.40. The Morgan fingerprint density at radius 1 is 1.12 bits per heavy atom. The van der Waals surface area contributed by atoms with Crippen LogP contribution < -0.4 is 15.0 Å². The van der Waals surface area contributed by atoms with Crippen LogP contribution in [-0.4, -0.2) is 46.9 Å². The van der Waals surface area contributed by atoms with Crippen LogP contribution in [0.1, 0.15) is 34.5 Å². The molecule has 1 fully saturated rings. The first-order valence-electron chi connectivity index (χ1n) is 11.1. The SMILES string of the molecule is COc1cccc(C(=O)NC2CCN(c3nc4c(s3)c(C)nn4-c3cccc(C)c3)CC2)c1. The maximum Gasteiger partial charge on any atom is 0.251 e. The number of nitrogens with one attached hydrogen (secondary N) is 1. The van der Waals surface area contributed by atoms with E-state index in [1.807, 2.05) is 35.9 Å². The molecule has 7 nitrogen and oxygen atoms in total. The number of aromatic nitrogens is 3. The number of amides is 1. The fourth-order valence-corrected chi connectivity index (χ4v) is 5.28. The lowest BCUT2D eigenvalue weighted by atomic mass is 10.0. The highest BCUT2D eigenvalue weighted by atomic mass is 32.1. The van der Waals surface area contributed by atoms with Gasteiger partial charge in [-0.05, 0) is 62.6 Å². The van der Waals surface area contributed by atoms with Gasteiger partial charge in [0.15, 0.2) is 10.8 Å². The number of aryl methyl sites for hydroxylation is 2. The van der Waals surface area contributed by atoms with Crippen LogP contribution in [0.2, 0.25) is 0 Å². The summed E-state index contributed by atoms with van der Waals surface area (Å²) in [6, 6.07) is 15.7. The lowest BCUT2D eigenvalue weighted by Gasteiger charge is -2.32. The van der Waals surface area contributed by atoms with Crippen LogP contribution in [0.25, 0.3) is 16.0 Å². The van der Waals surface area contributed by atoms with E-state index in [4.69, 9.17) is 14.8 Å².